The van der Waals surface area contributed by atoms with Crippen molar-refractivity contribution < 1.29 is 18.7 Å². The van der Waals surface area contributed by atoms with Gasteiger partial charge in [-0.2, -0.15) is 5.26 Å². The summed E-state index contributed by atoms with van der Waals surface area (Å²) in [5.74, 6) is -3.42. The molecular weight excluding hydrogens is 471 g/mol. The Morgan fingerprint density at radius 3 is 2.57 bits per heavy atom. The first-order valence-corrected chi connectivity index (χ1v) is 11.2. The van der Waals surface area contributed by atoms with Crippen molar-refractivity contribution in [3.8, 4) is 6.07 Å². The summed E-state index contributed by atoms with van der Waals surface area (Å²) in [5.41, 5.74) is 6.22. The van der Waals surface area contributed by atoms with E-state index in [1.807, 2.05) is 36.4 Å². The lowest BCUT2D eigenvalue weighted by molar-refractivity contribution is -0.133. The van der Waals surface area contributed by atoms with Gasteiger partial charge in [0.2, 0.25) is 0 Å². The lowest BCUT2D eigenvalue weighted by atomic mass is 9.83. The van der Waals surface area contributed by atoms with Gasteiger partial charge in [-0.05, 0) is 11.6 Å². The van der Waals surface area contributed by atoms with Crippen LogP contribution in [0.5, 0.6) is 0 Å². The minimum atomic E-state index is -1.17. The molecule has 10 heteroatoms. The number of thiazole rings is 1. The second-order valence-electron chi connectivity index (χ2n) is 7.53. The Balaban J connectivity index is 2.00. The molecule has 176 valence electrons. The minimum Gasteiger partial charge on any atom is -0.466 e. The number of amides is 1. The summed E-state index contributed by atoms with van der Waals surface area (Å²) < 4.78 is 20.6. The van der Waals surface area contributed by atoms with Crippen LogP contribution in [0.15, 0.2) is 65.0 Å². The van der Waals surface area contributed by atoms with E-state index in [2.05, 4.69) is 10.1 Å². The highest BCUT2D eigenvalue weighted by molar-refractivity contribution is 7.07. The first-order chi connectivity index (χ1) is 16.9. The summed E-state index contributed by atoms with van der Waals surface area (Å²) >= 11 is 0.834. The minimum absolute atomic E-state index is 0.0246. The number of hydrogen-bond donors (Lipinski definition) is 2. The largest absolute Gasteiger partial charge is 0.466 e. The number of nitrogens with one attached hydrogen (secondary N) is 1. The number of nitriles is 1. The third-order valence-corrected chi connectivity index (χ3v) is 6.58. The predicted octanol–water partition coefficient (Wildman–Crippen LogP) is 0.918. The Morgan fingerprint density at radius 1 is 1.23 bits per heavy atom. The van der Waals surface area contributed by atoms with Gasteiger partial charge in [0.25, 0.3) is 11.5 Å². The van der Waals surface area contributed by atoms with Crippen molar-refractivity contribution in [3.63, 3.8) is 0 Å². The molecule has 1 amide bonds. The number of carbonyl (C=O) groups is 2. The van der Waals surface area contributed by atoms with E-state index < -0.39 is 29.2 Å². The van der Waals surface area contributed by atoms with Crippen LogP contribution in [0.25, 0.3) is 17.5 Å². The number of nitrogens with zero attached hydrogens (tertiary/aromatic N) is 2. The van der Waals surface area contributed by atoms with Crippen LogP contribution in [0.4, 0.5) is 4.39 Å². The van der Waals surface area contributed by atoms with Crippen LogP contribution in [0.2, 0.25) is 0 Å². The molecular formula is C25H19FN4O4S. The molecule has 0 aliphatic carbocycles. The van der Waals surface area contributed by atoms with Crippen molar-refractivity contribution in [1.82, 2.24) is 9.88 Å². The van der Waals surface area contributed by atoms with E-state index >= 15 is 0 Å². The number of fused-ring (bicyclic) bond motifs is 1. The SMILES string of the molecule is COC(=O)/C=c1\sc2n(c1=O)C(N)=C(C#N)[C@@H](c1ccccc1F)C=2C(=O)NCc1ccccc1. The Labute approximate surface area is 202 Å². The van der Waals surface area contributed by atoms with Gasteiger partial charge < -0.3 is 15.8 Å². The molecule has 0 unspecified atom stereocenters. The summed E-state index contributed by atoms with van der Waals surface area (Å²) in [5, 5.41) is 12.7. The number of carbonyl (C=O) groups excluding carboxylic acids is 2. The zero-order valence-electron chi connectivity index (χ0n) is 18.4. The average molecular weight is 491 g/mol. The lowest BCUT2D eigenvalue weighted by Gasteiger charge is -2.25. The van der Waals surface area contributed by atoms with Gasteiger partial charge in [0, 0.05) is 18.2 Å². The highest BCUT2D eigenvalue weighted by atomic mass is 32.1. The molecule has 0 fully saturated rings. The molecule has 3 aromatic rings. The fourth-order valence-electron chi connectivity index (χ4n) is 3.83. The fourth-order valence-corrected chi connectivity index (χ4v) is 4.96. The normalized spacial score (nSPS) is 15.4. The number of methoxy groups -OCH3 is 1. The third kappa shape index (κ3) is 4.37. The highest BCUT2D eigenvalue weighted by Gasteiger charge is 2.36. The predicted molar refractivity (Wildman–Crippen MR) is 128 cm³/mol. The highest BCUT2D eigenvalue weighted by Crippen LogP contribution is 2.37. The molecule has 0 saturated carbocycles. The maximum Gasteiger partial charge on any atom is 0.332 e. The van der Waals surface area contributed by atoms with Crippen LogP contribution in [0.3, 0.4) is 0 Å². The monoisotopic (exact) mass is 490 g/mol. The van der Waals surface area contributed by atoms with Crippen molar-refractivity contribution >= 4 is 40.7 Å². The standard InChI is InChI=1S/C25H19FN4O4S/c1-34-19(31)11-18-24(33)30-22(28)16(12-27)20(15-9-5-6-10-17(15)26)21(25(30)35-18)23(32)29-13-14-7-3-2-4-8-14/h2-11,20H,13,28H2,1H3,(H,29,32)/b18-11-/t20-/m1/s1. The summed E-state index contributed by atoms with van der Waals surface area (Å²) in [6.45, 7) is 0.158. The molecule has 1 aliphatic rings. The Bertz CT molecular complexity index is 1580. The van der Waals surface area contributed by atoms with Crippen molar-refractivity contribution in [2.75, 3.05) is 7.11 Å². The summed E-state index contributed by atoms with van der Waals surface area (Å²) in [4.78, 5) is 38.4. The number of nitrogens with two attached hydrogens (primary N) is 1. The molecule has 1 aliphatic heterocycles. The molecule has 1 aromatic heterocycles. The topological polar surface area (TPSA) is 127 Å². The van der Waals surface area contributed by atoms with E-state index in [0.717, 1.165) is 34.7 Å². The van der Waals surface area contributed by atoms with Gasteiger partial charge in [-0.25, -0.2) is 9.18 Å². The van der Waals surface area contributed by atoms with Gasteiger partial charge in [-0.3, -0.25) is 14.2 Å². The number of benzene rings is 2. The molecule has 2 heterocycles. The van der Waals surface area contributed by atoms with E-state index in [9.17, 15) is 24.0 Å². The second-order valence-corrected chi connectivity index (χ2v) is 8.56. The Hall–Kier alpha value is -4.49. The van der Waals surface area contributed by atoms with E-state index in [1.165, 1.54) is 18.2 Å². The van der Waals surface area contributed by atoms with Crippen molar-refractivity contribution in [2.24, 2.45) is 5.73 Å². The summed E-state index contributed by atoms with van der Waals surface area (Å²) in [6.07, 6.45) is 0.981. The van der Waals surface area contributed by atoms with Crippen LogP contribution in [-0.2, 0) is 20.9 Å². The molecule has 0 spiro atoms. The number of hydrogen-bond acceptors (Lipinski definition) is 7. The average Bonchev–Trinajstić information content (AvgIpc) is 3.19. The Kier molecular flexibility index (Phi) is 6.62. The molecule has 35 heavy (non-hydrogen) atoms. The van der Waals surface area contributed by atoms with Crippen LogP contribution in [0.1, 0.15) is 17.0 Å². The van der Waals surface area contributed by atoms with Gasteiger partial charge in [0.1, 0.15) is 20.8 Å². The molecule has 0 bridgehead atoms. The quantitative estimate of drug-likeness (QED) is 0.512. The smallest absolute Gasteiger partial charge is 0.332 e. The number of aromatic nitrogens is 1. The maximum atomic E-state index is 14.9. The summed E-state index contributed by atoms with van der Waals surface area (Å²) in [7, 11) is 1.16. The van der Waals surface area contributed by atoms with Crippen LogP contribution in [-0.4, -0.2) is 23.6 Å². The van der Waals surface area contributed by atoms with E-state index in [4.69, 9.17) is 5.73 Å². The number of allylic oxidation sites excluding steroid dienone is 1. The van der Waals surface area contributed by atoms with Gasteiger partial charge >= 0.3 is 5.97 Å². The molecule has 8 nitrogen and oxygen atoms in total. The lowest BCUT2D eigenvalue weighted by Crippen LogP contribution is -2.42. The van der Waals surface area contributed by atoms with Crippen LogP contribution >= 0.6 is 11.3 Å². The van der Waals surface area contributed by atoms with E-state index in [-0.39, 0.29) is 38.3 Å². The first kappa shape index (κ1) is 23.7. The molecule has 4 rings (SSSR count). The van der Waals surface area contributed by atoms with E-state index in [1.54, 1.807) is 6.07 Å². The Morgan fingerprint density at radius 2 is 1.91 bits per heavy atom. The zero-order valence-corrected chi connectivity index (χ0v) is 19.3. The first-order valence-electron chi connectivity index (χ1n) is 10.4. The van der Waals surface area contributed by atoms with Crippen molar-refractivity contribution in [3.05, 3.63) is 96.7 Å². The van der Waals surface area contributed by atoms with E-state index in [0.29, 0.717) is 0 Å². The molecule has 0 saturated heterocycles. The molecule has 0 radical (unpaired) electrons. The summed E-state index contributed by atoms with van der Waals surface area (Å²) in [6, 6.07) is 16.8. The van der Waals surface area contributed by atoms with Gasteiger partial charge in [0.15, 0.2) is 0 Å². The number of halogens is 1. The molecule has 2 aromatic carbocycles. The van der Waals surface area contributed by atoms with Crippen molar-refractivity contribution in [2.45, 2.75) is 12.5 Å². The van der Waals surface area contributed by atoms with Gasteiger partial charge in [0.05, 0.1) is 30.2 Å². The van der Waals surface area contributed by atoms with Gasteiger partial charge in [-0.1, -0.05) is 48.5 Å². The number of ether oxygens (including phenoxy) is 1. The van der Waals surface area contributed by atoms with Crippen LogP contribution < -0.4 is 25.8 Å². The third-order valence-electron chi connectivity index (χ3n) is 5.48. The molecule has 1 atom stereocenters. The number of esters is 1. The maximum absolute atomic E-state index is 14.9. The fraction of sp³-hybridized carbons (Fsp3) is 0.120. The van der Waals surface area contributed by atoms with Gasteiger partial charge in [-0.15, -0.1) is 11.3 Å². The zero-order chi connectivity index (χ0) is 25.1. The van der Waals surface area contributed by atoms with Crippen LogP contribution in [0, 0.1) is 17.1 Å². The molecule has 3 N–H and O–H groups in total. The van der Waals surface area contributed by atoms with Crippen molar-refractivity contribution in [1.29, 1.82) is 5.26 Å². The number of rotatable bonds is 5. The second kappa shape index (κ2) is 9.79.